The third-order valence-corrected chi connectivity index (χ3v) is 13.0. The van der Waals surface area contributed by atoms with Crippen molar-refractivity contribution in [1.29, 1.82) is 0 Å². The Balaban J connectivity index is 0.937. The van der Waals surface area contributed by atoms with Gasteiger partial charge in [0, 0.05) is 97.4 Å². The van der Waals surface area contributed by atoms with Crippen LogP contribution in [-0.4, -0.2) is 109 Å². The lowest BCUT2D eigenvalue weighted by atomic mass is 9.95. The van der Waals surface area contributed by atoms with Gasteiger partial charge in [0.25, 0.3) is 5.91 Å². The average molecular weight is 936 g/mol. The van der Waals surface area contributed by atoms with Gasteiger partial charge in [0.15, 0.2) is 0 Å². The van der Waals surface area contributed by atoms with Crippen molar-refractivity contribution in [2.45, 2.75) is 45.1 Å². The second-order valence-electron chi connectivity index (χ2n) is 16.7. The summed E-state index contributed by atoms with van der Waals surface area (Å²) in [6, 6.07) is 21.5. The Kier molecular flexibility index (Phi) is 13.2. The van der Waals surface area contributed by atoms with Crippen LogP contribution < -0.4 is 30.9 Å². The molecule has 1 fully saturated rings. The van der Waals surface area contributed by atoms with Gasteiger partial charge in [-0.3, -0.25) is 14.5 Å². The highest BCUT2D eigenvalue weighted by atomic mass is 79.9. The molecule has 334 valence electrons. The highest BCUT2D eigenvalue weighted by molar-refractivity contribution is 9.09. The van der Waals surface area contributed by atoms with E-state index in [-0.39, 0.29) is 36.5 Å². The van der Waals surface area contributed by atoms with E-state index in [9.17, 15) is 28.8 Å². The lowest BCUT2D eigenvalue weighted by Gasteiger charge is -2.31. The minimum Gasteiger partial charge on any atom is -0.444 e. The number of nitrogens with one attached hydrogen (secondary N) is 3. The maximum absolute atomic E-state index is 14.5. The van der Waals surface area contributed by atoms with E-state index < -0.39 is 24.1 Å². The van der Waals surface area contributed by atoms with Crippen LogP contribution >= 0.6 is 15.9 Å². The third kappa shape index (κ3) is 9.40. The number of likely N-dealkylation sites (N-methyl/N-ethyl adjacent to an activating group) is 1. The van der Waals surface area contributed by atoms with Crippen molar-refractivity contribution in [3.8, 4) is 5.75 Å². The predicted molar refractivity (Wildman–Crippen MR) is 247 cm³/mol. The van der Waals surface area contributed by atoms with Crippen LogP contribution in [0.1, 0.15) is 59.3 Å². The zero-order valence-corrected chi connectivity index (χ0v) is 37.4. The van der Waals surface area contributed by atoms with Crippen LogP contribution in [-0.2, 0) is 27.4 Å². The number of nitrogens with zero attached hydrogens (tertiary/aromatic N) is 4. The summed E-state index contributed by atoms with van der Waals surface area (Å²) in [5, 5.41) is 8.57. The lowest BCUT2D eigenvalue weighted by molar-refractivity contribution is -0.125. The molecule has 4 heterocycles. The highest BCUT2D eigenvalue weighted by Crippen LogP contribution is 2.46. The minimum atomic E-state index is -0.645. The highest BCUT2D eigenvalue weighted by Gasteiger charge is 2.37. The molecule has 17 heteroatoms. The Morgan fingerprint density at radius 3 is 2.34 bits per heavy atom. The maximum Gasteiger partial charge on any atom is 0.415 e. The summed E-state index contributed by atoms with van der Waals surface area (Å²) >= 11 is 3.70. The van der Waals surface area contributed by atoms with Gasteiger partial charge < -0.3 is 50.3 Å². The van der Waals surface area contributed by atoms with Gasteiger partial charge >= 0.3 is 18.2 Å². The molecule has 0 radical (unpaired) electrons. The fourth-order valence-electron chi connectivity index (χ4n) is 8.91. The van der Waals surface area contributed by atoms with Gasteiger partial charge in [0.1, 0.15) is 23.8 Å². The fraction of sp³-hybridized carbons (Fsp3) is 0.362. The van der Waals surface area contributed by atoms with Crippen molar-refractivity contribution >= 4 is 90.5 Å². The summed E-state index contributed by atoms with van der Waals surface area (Å²) in [7, 11) is 2.03. The van der Waals surface area contributed by atoms with Gasteiger partial charge in [-0.1, -0.05) is 52.3 Å². The molecule has 5 N–H and O–H groups in total. The number of nitrogens with two attached hydrogens (primary N) is 1. The number of hydrogen-bond donors (Lipinski definition) is 4. The number of alkyl halides is 1. The van der Waals surface area contributed by atoms with Crippen LogP contribution in [0.3, 0.4) is 0 Å². The summed E-state index contributed by atoms with van der Waals surface area (Å²) < 4.78 is 11.8. The quantitative estimate of drug-likeness (QED) is 0.0717. The maximum atomic E-state index is 14.5. The molecule has 0 unspecified atom stereocenters. The number of Topliss-reactive ketones (excluding diaryl/α,β-unsaturated/α-hetero) is 1. The molecule has 0 saturated carbocycles. The number of primary amides is 1. The van der Waals surface area contributed by atoms with Crippen LogP contribution in [0.25, 0.3) is 21.7 Å². The van der Waals surface area contributed by atoms with Crippen molar-refractivity contribution in [1.82, 2.24) is 20.1 Å². The SMILES string of the molecule is CC(=O)C[C@@H](CCCNC(N)=O)C(=O)Nc1ccc(COC(=O)N2CCc3c2ccc2[nH]c(C(=O)N4C[C@@H](CBr)c5c4cc(OC(=O)N4CCN(C)CC4)c4ccccc54)cc32)cc1. The lowest BCUT2D eigenvalue weighted by Crippen LogP contribution is -2.48. The predicted octanol–water partition coefficient (Wildman–Crippen LogP) is 6.89. The molecule has 0 bridgehead atoms. The summed E-state index contributed by atoms with van der Waals surface area (Å²) in [5.41, 5.74) is 10.9. The largest absolute Gasteiger partial charge is 0.444 e. The second kappa shape index (κ2) is 19.1. The monoisotopic (exact) mass is 934 g/mol. The summed E-state index contributed by atoms with van der Waals surface area (Å²) in [4.78, 5) is 87.8. The Bertz CT molecular complexity index is 2630. The molecule has 8 rings (SSSR count). The Morgan fingerprint density at radius 1 is 0.875 bits per heavy atom. The van der Waals surface area contributed by atoms with Crippen molar-refractivity contribution in [3.05, 3.63) is 95.2 Å². The molecule has 3 aliphatic heterocycles. The number of aromatic nitrogens is 1. The van der Waals surface area contributed by atoms with Crippen molar-refractivity contribution < 1.29 is 38.2 Å². The second-order valence-corrected chi connectivity index (χ2v) is 17.3. The number of benzene rings is 4. The Morgan fingerprint density at radius 2 is 1.62 bits per heavy atom. The molecule has 16 nitrogen and oxygen atoms in total. The number of anilines is 3. The van der Waals surface area contributed by atoms with Crippen LogP contribution in [0.2, 0.25) is 0 Å². The van der Waals surface area contributed by atoms with Gasteiger partial charge in [0.2, 0.25) is 5.91 Å². The number of hydrogen-bond acceptors (Lipinski definition) is 9. The topological polar surface area (TPSA) is 200 Å². The molecule has 6 amide bonds. The Labute approximate surface area is 378 Å². The zero-order valence-electron chi connectivity index (χ0n) is 35.8. The number of ketones is 1. The van der Waals surface area contributed by atoms with Crippen LogP contribution in [0.5, 0.6) is 5.75 Å². The number of ether oxygens (including phenoxy) is 2. The number of aromatic amines is 1. The van der Waals surface area contributed by atoms with Crippen LogP contribution in [0.15, 0.2) is 72.8 Å². The summed E-state index contributed by atoms with van der Waals surface area (Å²) in [5.74, 6) is -0.779. The molecule has 0 spiro atoms. The number of carbonyl (C=O) groups is 6. The number of H-pyrrole nitrogens is 1. The molecular weight excluding hydrogens is 884 g/mol. The number of urea groups is 1. The van der Waals surface area contributed by atoms with Gasteiger partial charge in [0.05, 0.1) is 11.4 Å². The van der Waals surface area contributed by atoms with E-state index in [0.717, 1.165) is 45.9 Å². The molecule has 1 aromatic heterocycles. The fourth-order valence-corrected chi connectivity index (χ4v) is 9.44. The van der Waals surface area contributed by atoms with Gasteiger partial charge in [-0.2, -0.15) is 0 Å². The van der Waals surface area contributed by atoms with E-state index in [1.54, 1.807) is 39.0 Å². The van der Waals surface area contributed by atoms with Crippen LogP contribution in [0, 0.1) is 5.92 Å². The average Bonchev–Trinajstić information content (AvgIpc) is 4.02. The van der Waals surface area contributed by atoms with Crippen molar-refractivity contribution in [2.75, 3.05) is 73.3 Å². The van der Waals surface area contributed by atoms with E-state index in [4.69, 9.17) is 15.2 Å². The summed E-state index contributed by atoms with van der Waals surface area (Å²) in [6.07, 6.45) is 0.618. The third-order valence-electron chi connectivity index (χ3n) is 12.3. The van der Waals surface area contributed by atoms with Gasteiger partial charge in [-0.25, -0.2) is 14.4 Å². The van der Waals surface area contributed by atoms with E-state index >= 15 is 0 Å². The molecule has 2 atom stereocenters. The van der Waals surface area contributed by atoms with Crippen molar-refractivity contribution in [3.63, 3.8) is 0 Å². The first kappa shape index (κ1) is 44.2. The Hall–Kier alpha value is -6.46. The number of rotatable bonds is 13. The number of halogens is 1. The van der Waals surface area contributed by atoms with E-state index in [2.05, 4.69) is 36.4 Å². The van der Waals surface area contributed by atoms with E-state index in [1.807, 2.05) is 55.6 Å². The smallest absolute Gasteiger partial charge is 0.415 e. The van der Waals surface area contributed by atoms with Crippen molar-refractivity contribution in [2.24, 2.45) is 11.7 Å². The normalized spacial score (nSPS) is 16.4. The minimum absolute atomic E-state index is 0.00250. The first-order valence-electron chi connectivity index (χ1n) is 21.5. The molecule has 3 aliphatic rings. The van der Waals surface area contributed by atoms with E-state index in [0.29, 0.717) is 91.4 Å². The zero-order chi connectivity index (χ0) is 45.1. The van der Waals surface area contributed by atoms with Gasteiger partial charge in [-0.05, 0) is 85.6 Å². The number of piperazine rings is 1. The first-order valence-corrected chi connectivity index (χ1v) is 22.6. The number of carbonyl (C=O) groups excluding carboxylic acids is 6. The number of fused-ring (bicyclic) bond motifs is 6. The molecular formula is C47H51BrN8O8. The van der Waals surface area contributed by atoms with E-state index in [1.165, 1.54) is 6.92 Å². The standard InChI is InChI=1S/C47H51BrN8O8/c1-28(57)22-30(6-5-16-50-45(49)60)43(58)51-32-11-9-29(10-12-32)27-63-47(62)55-17-15-33-36-23-38(52-37(36)13-14-39(33)55)44(59)56-26-31(25-48)42-35-8-4-3-7-34(35)41(24-40(42)56)64-46(61)54-20-18-53(2)19-21-54/h3-4,7-14,23-24,30-31,52H,5-6,15-22,25-27H2,1-2H3,(H,51,58)(H3,49,50,60)/t30-,31-/m1/s1. The number of amides is 6. The van der Waals surface area contributed by atoms with Gasteiger partial charge in [-0.15, -0.1) is 0 Å². The molecule has 1 saturated heterocycles. The van der Waals surface area contributed by atoms with Crippen LogP contribution in [0.4, 0.5) is 31.4 Å². The first-order chi connectivity index (χ1) is 30.9. The molecule has 5 aromatic rings. The molecule has 0 aliphatic carbocycles. The molecule has 4 aromatic carbocycles. The summed E-state index contributed by atoms with van der Waals surface area (Å²) in [6.45, 7) is 5.26. The molecule has 64 heavy (non-hydrogen) atoms.